The van der Waals surface area contributed by atoms with Crippen LogP contribution < -0.4 is 0 Å². The number of benzene rings is 1. The lowest BCUT2D eigenvalue weighted by Gasteiger charge is -2.14. The van der Waals surface area contributed by atoms with Gasteiger partial charge in [-0.25, -0.2) is 4.79 Å². The van der Waals surface area contributed by atoms with Crippen LogP contribution in [0.4, 0.5) is 0 Å². The molecule has 1 fully saturated rings. The van der Waals surface area contributed by atoms with E-state index < -0.39 is 18.4 Å². The fraction of sp³-hybridized carbons (Fsp3) is 0.421. The SMILES string of the molecule is Cc1ccc(C(CC(=O)C2CCCC2)=C(CC(=O)O)C(=O)O)cc1. The summed E-state index contributed by atoms with van der Waals surface area (Å²) in [7, 11) is 0. The molecular weight excluding hydrogens is 308 g/mol. The van der Waals surface area contributed by atoms with E-state index in [4.69, 9.17) is 5.11 Å². The maximum atomic E-state index is 12.5. The standard InChI is InChI=1S/C19H22O5/c1-12-6-8-13(9-7-12)15(16(19(23)24)11-18(21)22)10-17(20)14-4-2-3-5-14/h6-9,14H,2-5,10-11H2,1H3,(H,21,22)(H,23,24). The van der Waals surface area contributed by atoms with Crippen molar-refractivity contribution in [1.29, 1.82) is 0 Å². The Balaban J connectivity index is 2.42. The van der Waals surface area contributed by atoms with E-state index in [1.54, 1.807) is 12.1 Å². The smallest absolute Gasteiger partial charge is 0.332 e. The third-order valence-electron chi connectivity index (χ3n) is 4.51. The van der Waals surface area contributed by atoms with Crippen molar-refractivity contribution in [2.24, 2.45) is 5.92 Å². The third-order valence-corrected chi connectivity index (χ3v) is 4.51. The minimum atomic E-state index is -1.29. The molecule has 128 valence electrons. The molecule has 5 nitrogen and oxygen atoms in total. The predicted molar refractivity (Wildman–Crippen MR) is 89.6 cm³/mol. The van der Waals surface area contributed by atoms with Crippen molar-refractivity contribution >= 4 is 23.3 Å². The summed E-state index contributed by atoms with van der Waals surface area (Å²) in [6.07, 6.45) is 3.07. The first-order valence-corrected chi connectivity index (χ1v) is 8.15. The lowest BCUT2D eigenvalue weighted by Crippen LogP contribution is -2.15. The van der Waals surface area contributed by atoms with Gasteiger partial charge < -0.3 is 10.2 Å². The number of aliphatic carboxylic acids is 2. The fourth-order valence-corrected chi connectivity index (χ4v) is 3.17. The summed E-state index contributed by atoms with van der Waals surface area (Å²) in [5, 5.41) is 18.5. The molecule has 24 heavy (non-hydrogen) atoms. The van der Waals surface area contributed by atoms with Crippen LogP contribution in [-0.2, 0) is 14.4 Å². The van der Waals surface area contributed by atoms with Gasteiger partial charge in [0.25, 0.3) is 0 Å². The fourth-order valence-electron chi connectivity index (χ4n) is 3.17. The van der Waals surface area contributed by atoms with Crippen LogP contribution in [0.15, 0.2) is 29.8 Å². The van der Waals surface area contributed by atoms with Gasteiger partial charge >= 0.3 is 11.9 Å². The van der Waals surface area contributed by atoms with E-state index in [0.717, 1.165) is 31.2 Å². The number of hydrogen-bond donors (Lipinski definition) is 2. The highest BCUT2D eigenvalue weighted by Crippen LogP contribution is 2.32. The zero-order chi connectivity index (χ0) is 17.7. The van der Waals surface area contributed by atoms with E-state index in [-0.39, 0.29) is 23.7 Å². The van der Waals surface area contributed by atoms with Crippen LogP contribution in [0.3, 0.4) is 0 Å². The maximum absolute atomic E-state index is 12.5. The molecular formula is C19H22O5. The van der Waals surface area contributed by atoms with Gasteiger partial charge in [-0.05, 0) is 30.9 Å². The maximum Gasteiger partial charge on any atom is 0.332 e. The summed E-state index contributed by atoms with van der Waals surface area (Å²) in [5.41, 5.74) is 1.72. The van der Waals surface area contributed by atoms with Gasteiger partial charge in [0.15, 0.2) is 0 Å². The lowest BCUT2D eigenvalue weighted by atomic mass is 9.89. The third kappa shape index (κ3) is 4.54. The molecule has 0 unspecified atom stereocenters. The summed E-state index contributed by atoms with van der Waals surface area (Å²) in [5.74, 6) is -2.53. The first kappa shape index (κ1) is 17.9. The summed E-state index contributed by atoms with van der Waals surface area (Å²) in [6, 6.07) is 7.15. The average Bonchev–Trinajstić information content (AvgIpc) is 3.05. The van der Waals surface area contributed by atoms with Gasteiger partial charge in [-0.1, -0.05) is 42.7 Å². The molecule has 2 rings (SSSR count). The molecule has 0 atom stereocenters. The number of Topliss-reactive ketones (excluding diaryl/α,β-unsaturated/α-hetero) is 1. The van der Waals surface area contributed by atoms with Crippen LogP contribution in [0.2, 0.25) is 0 Å². The minimum absolute atomic E-state index is 0.00668. The lowest BCUT2D eigenvalue weighted by molar-refractivity contribution is -0.139. The Morgan fingerprint density at radius 1 is 1.00 bits per heavy atom. The number of rotatable bonds is 7. The van der Waals surface area contributed by atoms with Crippen LogP contribution in [0.1, 0.15) is 49.7 Å². The van der Waals surface area contributed by atoms with Crippen LogP contribution in [0.25, 0.3) is 5.57 Å². The minimum Gasteiger partial charge on any atom is -0.481 e. The molecule has 0 bridgehead atoms. The summed E-state index contributed by atoms with van der Waals surface area (Å²) >= 11 is 0. The largest absolute Gasteiger partial charge is 0.481 e. The highest BCUT2D eigenvalue weighted by molar-refractivity contribution is 6.04. The van der Waals surface area contributed by atoms with Crippen molar-refractivity contribution in [3.05, 3.63) is 41.0 Å². The van der Waals surface area contributed by atoms with Crippen molar-refractivity contribution < 1.29 is 24.6 Å². The van der Waals surface area contributed by atoms with E-state index in [2.05, 4.69) is 0 Å². The predicted octanol–water partition coefficient (Wildman–Crippen LogP) is 3.46. The van der Waals surface area contributed by atoms with Crippen molar-refractivity contribution in [2.45, 2.75) is 45.4 Å². The highest BCUT2D eigenvalue weighted by atomic mass is 16.4. The van der Waals surface area contributed by atoms with Gasteiger partial charge in [0.05, 0.1) is 12.0 Å². The van der Waals surface area contributed by atoms with Crippen molar-refractivity contribution in [2.75, 3.05) is 0 Å². The quantitative estimate of drug-likeness (QED) is 0.747. The number of carbonyl (C=O) groups excluding carboxylic acids is 1. The number of hydrogen-bond acceptors (Lipinski definition) is 3. The van der Waals surface area contributed by atoms with Gasteiger partial charge in [0, 0.05) is 12.3 Å². The Kier molecular flexibility index (Phi) is 5.90. The molecule has 1 saturated carbocycles. The summed E-state index contributed by atoms with van der Waals surface area (Å²) in [4.78, 5) is 35.2. The van der Waals surface area contributed by atoms with Crippen LogP contribution in [0, 0.1) is 12.8 Å². The number of allylic oxidation sites excluding steroid dienone is 1. The summed E-state index contributed by atoms with van der Waals surface area (Å²) in [6.45, 7) is 1.91. The Morgan fingerprint density at radius 3 is 2.08 bits per heavy atom. The second-order valence-electron chi connectivity index (χ2n) is 6.32. The van der Waals surface area contributed by atoms with E-state index in [0.29, 0.717) is 11.1 Å². The zero-order valence-electron chi connectivity index (χ0n) is 13.7. The summed E-state index contributed by atoms with van der Waals surface area (Å²) < 4.78 is 0. The van der Waals surface area contributed by atoms with E-state index in [1.165, 1.54) is 0 Å². The van der Waals surface area contributed by atoms with Crippen LogP contribution >= 0.6 is 0 Å². The molecule has 1 aliphatic rings. The molecule has 0 saturated heterocycles. The molecule has 0 aliphatic heterocycles. The topological polar surface area (TPSA) is 91.7 Å². The molecule has 0 amide bonds. The van der Waals surface area contributed by atoms with Crippen molar-refractivity contribution in [3.63, 3.8) is 0 Å². The van der Waals surface area contributed by atoms with E-state index in [1.807, 2.05) is 19.1 Å². The molecule has 1 aromatic rings. The second kappa shape index (κ2) is 7.90. The number of carbonyl (C=O) groups is 3. The molecule has 1 aliphatic carbocycles. The van der Waals surface area contributed by atoms with Gasteiger partial charge in [-0.15, -0.1) is 0 Å². The number of aryl methyl sites for hydroxylation is 1. The molecule has 0 heterocycles. The Hall–Kier alpha value is -2.43. The highest BCUT2D eigenvalue weighted by Gasteiger charge is 2.26. The van der Waals surface area contributed by atoms with Gasteiger partial charge in [-0.2, -0.15) is 0 Å². The Labute approximate surface area is 141 Å². The van der Waals surface area contributed by atoms with E-state index in [9.17, 15) is 19.5 Å². The average molecular weight is 330 g/mol. The van der Waals surface area contributed by atoms with Crippen LogP contribution in [0.5, 0.6) is 0 Å². The Bertz CT molecular complexity index is 664. The molecule has 5 heteroatoms. The number of carboxylic acids is 2. The first-order valence-electron chi connectivity index (χ1n) is 8.15. The van der Waals surface area contributed by atoms with Crippen molar-refractivity contribution in [1.82, 2.24) is 0 Å². The van der Waals surface area contributed by atoms with Crippen LogP contribution in [-0.4, -0.2) is 27.9 Å². The second-order valence-corrected chi connectivity index (χ2v) is 6.32. The van der Waals surface area contributed by atoms with E-state index >= 15 is 0 Å². The number of ketones is 1. The zero-order valence-corrected chi connectivity index (χ0v) is 13.7. The Morgan fingerprint density at radius 2 is 1.58 bits per heavy atom. The molecule has 0 aromatic heterocycles. The molecule has 2 N–H and O–H groups in total. The molecule has 0 spiro atoms. The monoisotopic (exact) mass is 330 g/mol. The van der Waals surface area contributed by atoms with Gasteiger partial charge in [0.1, 0.15) is 5.78 Å². The molecule has 0 radical (unpaired) electrons. The van der Waals surface area contributed by atoms with Gasteiger partial charge in [-0.3, -0.25) is 9.59 Å². The van der Waals surface area contributed by atoms with Crippen molar-refractivity contribution in [3.8, 4) is 0 Å². The molecule has 1 aromatic carbocycles. The number of carboxylic acid groups (broad SMARTS) is 2. The normalized spacial score (nSPS) is 15.9. The first-order chi connectivity index (χ1) is 11.4. The van der Waals surface area contributed by atoms with Gasteiger partial charge in [0.2, 0.25) is 0 Å².